The van der Waals surface area contributed by atoms with Crippen molar-refractivity contribution < 1.29 is 5.11 Å². The van der Waals surface area contributed by atoms with Crippen molar-refractivity contribution >= 4 is 7.05 Å². The zero-order chi connectivity index (χ0) is 10.1. The monoisotopic (exact) mass is 203 g/mol. The fraction of sp³-hybridized carbons (Fsp3) is 1.00. The highest BCUT2D eigenvalue weighted by molar-refractivity contribution is 7.65. The van der Waals surface area contributed by atoms with E-state index in [9.17, 15) is 0 Å². The Bertz CT molecular complexity index is 262. The summed E-state index contributed by atoms with van der Waals surface area (Å²) in [6, 6.07) is 0. The van der Waals surface area contributed by atoms with Crippen LogP contribution in [0.5, 0.6) is 0 Å². The standard InChI is InChI=1S/C8H18N3OP/c1-7-4-5-13(3,10-9)8(7)11(2)6-12/h7-8,12H,4-6H2,1-3H3. The van der Waals surface area contributed by atoms with Gasteiger partial charge < -0.3 is 10.6 Å². The Labute approximate surface area is 79.5 Å². The highest BCUT2D eigenvalue weighted by Crippen LogP contribution is 2.57. The summed E-state index contributed by atoms with van der Waals surface area (Å²) in [4.78, 5) is 1.89. The number of aliphatic hydroxyl groups is 1. The van der Waals surface area contributed by atoms with Crippen molar-refractivity contribution in [1.82, 2.24) is 9.44 Å². The molecule has 1 saturated heterocycles. The van der Waals surface area contributed by atoms with E-state index in [2.05, 4.69) is 11.5 Å². The van der Waals surface area contributed by atoms with Gasteiger partial charge in [-0.2, -0.15) is 0 Å². The molecule has 0 aromatic rings. The van der Waals surface area contributed by atoms with Crippen molar-refractivity contribution in [2.24, 2.45) is 5.92 Å². The molecule has 1 aliphatic heterocycles. The largest absolute Gasteiger partial charge is 0.381 e. The van der Waals surface area contributed by atoms with Crippen LogP contribution >= 0.6 is 7.05 Å². The van der Waals surface area contributed by atoms with Crippen molar-refractivity contribution in [2.75, 3.05) is 26.6 Å². The van der Waals surface area contributed by atoms with Crippen molar-refractivity contribution in [3.05, 3.63) is 5.53 Å². The van der Waals surface area contributed by atoms with Crippen molar-refractivity contribution in [3.63, 3.8) is 0 Å². The van der Waals surface area contributed by atoms with Crippen molar-refractivity contribution in [3.8, 4) is 0 Å². The van der Waals surface area contributed by atoms with Crippen LogP contribution in [0.3, 0.4) is 0 Å². The maximum absolute atomic E-state index is 9.06. The van der Waals surface area contributed by atoms with E-state index >= 15 is 0 Å². The first-order valence-electron chi connectivity index (χ1n) is 4.58. The van der Waals surface area contributed by atoms with Gasteiger partial charge in [0.05, 0.1) is 6.73 Å². The molecule has 1 rings (SSSR count). The molecule has 4 nitrogen and oxygen atoms in total. The quantitative estimate of drug-likeness (QED) is 0.317. The summed E-state index contributed by atoms with van der Waals surface area (Å²) in [7, 11) is 0.291. The molecular weight excluding hydrogens is 185 g/mol. The van der Waals surface area contributed by atoms with Gasteiger partial charge in [0.2, 0.25) is 7.05 Å². The van der Waals surface area contributed by atoms with Crippen LogP contribution in [0.4, 0.5) is 0 Å². The van der Waals surface area contributed by atoms with Gasteiger partial charge in [-0.05, 0) is 19.4 Å². The topological polar surface area (TPSA) is 59.9 Å². The van der Waals surface area contributed by atoms with Crippen LogP contribution in [0, 0.1) is 5.92 Å². The second kappa shape index (κ2) is 3.93. The molecule has 0 bridgehead atoms. The molecule has 1 aliphatic rings. The first-order valence-corrected chi connectivity index (χ1v) is 7.02. The first-order chi connectivity index (χ1) is 6.05. The van der Waals surface area contributed by atoms with Crippen LogP contribution in [0.1, 0.15) is 13.3 Å². The third-order valence-electron chi connectivity index (χ3n) is 3.00. The molecule has 0 spiro atoms. The Hall–Kier alpha value is -0.140. The molecule has 1 N–H and O–H groups in total. The number of rotatable bonds is 2. The molecule has 5 heteroatoms. The Morgan fingerprint density at radius 1 is 1.69 bits per heavy atom. The predicted octanol–water partition coefficient (Wildman–Crippen LogP) is 1.15. The maximum Gasteiger partial charge on any atom is 0.225 e. The summed E-state index contributed by atoms with van der Waals surface area (Å²) in [5, 5.41) is 9.06. The normalized spacial score (nSPS) is 39.5. The van der Waals surface area contributed by atoms with Crippen LogP contribution in [-0.4, -0.2) is 42.4 Å². The van der Waals surface area contributed by atoms with E-state index in [0.717, 1.165) is 12.6 Å². The fourth-order valence-electron chi connectivity index (χ4n) is 2.33. The summed E-state index contributed by atoms with van der Waals surface area (Å²) in [6.07, 6.45) is 2.10. The second-order valence-electron chi connectivity index (χ2n) is 4.10. The number of hydrogen-bond donors (Lipinski definition) is 1. The summed E-state index contributed by atoms with van der Waals surface area (Å²) >= 11 is 0. The lowest BCUT2D eigenvalue weighted by molar-refractivity contribution is 0.106. The van der Waals surface area contributed by atoms with Crippen LogP contribution in [0.2, 0.25) is 0 Å². The minimum atomic E-state index is -1.59. The number of aliphatic hydroxyl groups excluding tert-OH is 1. The van der Waals surface area contributed by atoms with E-state index in [-0.39, 0.29) is 12.5 Å². The summed E-state index contributed by atoms with van der Waals surface area (Å²) < 4.78 is 3.58. The van der Waals surface area contributed by atoms with E-state index in [1.165, 1.54) is 0 Å². The lowest BCUT2D eigenvalue weighted by Gasteiger charge is -2.26. The first kappa shape index (κ1) is 10.9. The van der Waals surface area contributed by atoms with E-state index in [0.29, 0.717) is 5.92 Å². The Kier molecular flexibility index (Phi) is 3.31. The van der Waals surface area contributed by atoms with Crippen molar-refractivity contribution in [2.45, 2.75) is 19.1 Å². The highest BCUT2D eigenvalue weighted by Gasteiger charge is 2.46. The smallest absolute Gasteiger partial charge is 0.225 e. The predicted molar refractivity (Wildman–Crippen MR) is 55.6 cm³/mol. The number of hydrogen-bond acceptors (Lipinski definition) is 2. The molecule has 3 unspecified atom stereocenters. The Balaban J connectivity index is 2.97. The van der Waals surface area contributed by atoms with Gasteiger partial charge >= 0.3 is 0 Å². The SMILES string of the molecule is CC1CCP(C)(=[N+]=[N-])C1N(C)CO. The van der Waals surface area contributed by atoms with Crippen molar-refractivity contribution in [1.29, 1.82) is 0 Å². The Morgan fingerprint density at radius 2 is 2.31 bits per heavy atom. The number of nitrogens with zero attached hydrogens (tertiary/aromatic N) is 3. The third kappa shape index (κ3) is 1.87. The molecule has 0 radical (unpaired) electrons. The van der Waals surface area contributed by atoms with Crippen LogP contribution in [-0.2, 0) is 0 Å². The summed E-state index contributed by atoms with van der Waals surface area (Å²) in [5.74, 6) is 0.772. The molecule has 0 aliphatic carbocycles. The van der Waals surface area contributed by atoms with Crippen LogP contribution in [0.25, 0.3) is 5.53 Å². The molecule has 76 valence electrons. The average Bonchev–Trinajstić information content (AvgIpc) is 2.43. The molecule has 0 amide bonds. The summed E-state index contributed by atoms with van der Waals surface area (Å²) in [5.41, 5.74) is 9.02. The second-order valence-corrected chi connectivity index (χ2v) is 7.69. The van der Waals surface area contributed by atoms with Gasteiger partial charge in [-0.1, -0.05) is 6.92 Å². The van der Waals surface area contributed by atoms with E-state index in [4.69, 9.17) is 10.6 Å². The molecule has 3 atom stereocenters. The van der Waals surface area contributed by atoms with Gasteiger partial charge in [0.25, 0.3) is 0 Å². The maximum atomic E-state index is 9.06. The lowest BCUT2D eigenvalue weighted by atomic mass is 10.1. The van der Waals surface area contributed by atoms with Gasteiger partial charge in [-0.25, -0.2) is 4.54 Å². The molecule has 0 aromatic heterocycles. The van der Waals surface area contributed by atoms with Gasteiger partial charge in [0, 0.05) is 12.8 Å². The highest BCUT2D eigenvalue weighted by atomic mass is 31.2. The van der Waals surface area contributed by atoms with E-state index in [1.807, 2.05) is 18.6 Å². The lowest BCUT2D eigenvalue weighted by Crippen LogP contribution is -2.34. The average molecular weight is 203 g/mol. The zero-order valence-electron chi connectivity index (χ0n) is 8.51. The van der Waals surface area contributed by atoms with Gasteiger partial charge in [-0.3, -0.25) is 4.90 Å². The molecular formula is C8H18N3OP. The molecule has 0 aromatic carbocycles. The molecule has 13 heavy (non-hydrogen) atoms. The zero-order valence-corrected chi connectivity index (χ0v) is 9.41. The van der Waals surface area contributed by atoms with Gasteiger partial charge in [0.15, 0.2) is 0 Å². The van der Waals surface area contributed by atoms with Gasteiger partial charge in [-0.15, -0.1) is 0 Å². The fourth-order valence-corrected chi connectivity index (χ4v) is 5.89. The third-order valence-corrected chi connectivity index (χ3v) is 6.61. The van der Waals surface area contributed by atoms with Crippen LogP contribution in [0.15, 0.2) is 0 Å². The molecule has 1 fully saturated rings. The van der Waals surface area contributed by atoms with E-state index in [1.54, 1.807) is 0 Å². The van der Waals surface area contributed by atoms with Crippen LogP contribution < -0.4 is 4.54 Å². The summed E-state index contributed by atoms with van der Waals surface area (Å²) in [6.45, 7) is 4.25. The minimum Gasteiger partial charge on any atom is -0.381 e. The minimum absolute atomic E-state index is 0.0418. The molecule has 0 saturated carbocycles. The molecule has 1 heterocycles. The van der Waals surface area contributed by atoms with Gasteiger partial charge in [0.1, 0.15) is 5.78 Å². The van der Waals surface area contributed by atoms with E-state index < -0.39 is 7.05 Å². The Morgan fingerprint density at radius 3 is 2.77 bits per heavy atom.